The maximum Gasteiger partial charge on any atom is 0.314 e. The van der Waals surface area contributed by atoms with Crippen LogP contribution in [0.4, 0.5) is 5.69 Å². The van der Waals surface area contributed by atoms with E-state index in [2.05, 4.69) is 262 Å². The van der Waals surface area contributed by atoms with E-state index >= 15 is 0 Å². The van der Waals surface area contributed by atoms with Gasteiger partial charge < -0.3 is 14.2 Å². The van der Waals surface area contributed by atoms with Gasteiger partial charge in [-0.3, -0.25) is 4.79 Å². The first-order valence-corrected chi connectivity index (χ1v) is 62.2. The molecule has 0 amide bonds. The van der Waals surface area contributed by atoms with Crippen molar-refractivity contribution in [2.45, 2.75) is 474 Å². The van der Waals surface area contributed by atoms with Crippen LogP contribution < -0.4 is 4.74 Å². The van der Waals surface area contributed by atoms with Crippen LogP contribution in [0.3, 0.4) is 0 Å². The summed E-state index contributed by atoms with van der Waals surface area (Å²) in [6, 6.07) is 54.1. The van der Waals surface area contributed by atoms with Crippen LogP contribution in [0.15, 0.2) is 151 Å². The van der Waals surface area contributed by atoms with Crippen molar-refractivity contribution in [3.05, 3.63) is 235 Å². The zero-order valence-electron chi connectivity index (χ0n) is 96.7. The lowest BCUT2D eigenvalue weighted by Crippen LogP contribution is -2.34. The number of isothiocyanates is 1. The van der Waals surface area contributed by atoms with E-state index in [-0.39, 0.29) is 35.3 Å². The van der Waals surface area contributed by atoms with E-state index < -0.39 is 0 Å². The first-order chi connectivity index (χ1) is 72.3. The van der Waals surface area contributed by atoms with Gasteiger partial charge in [-0.15, -0.1) is 17.8 Å². The third-order valence-electron chi connectivity index (χ3n) is 40.1. The number of hydrogen-bond acceptors (Lipinski definition) is 6. The van der Waals surface area contributed by atoms with Gasteiger partial charge in [-0.2, -0.15) is 4.99 Å². The van der Waals surface area contributed by atoms with Crippen LogP contribution in [0, 0.1) is 177 Å². The molecule has 149 heavy (non-hydrogen) atoms. The smallest absolute Gasteiger partial charge is 0.314 e. The lowest BCUT2D eigenvalue weighted by atomic mass is 9.68. The largest absolute Gasteiger partial charge is 0.426 e. The molecule has 1 aliphatic heterocycles. The Kier molecular flexibility index (Phi) is 47.5. The average Bonchev–Trinajstić information content (AvgIpc) is 0.810. The SMILES string of the molecule is CC#Cc1c(C)cc(C2CCC(C3CCC(C)CC3)CC2)cc1C.CC#Cc1ccc(C2CCC(C)CC2)cc1.CC#Cc1ccc(C2CCC(C)CC2)cc1.CC1CCC(c2ccc(C3CCC(C)CC3)cc2)CC1.CC1CCC(c2ccc(OC(=O)C3CCC(C4CCC(C)CC4)CC3)cc2)CC1.Cc1cc(C2OCC(C3CCC(C)CC3)CO2)cc(C)c1N=C=S.Cc1ccc(C2CCC(C3CCC(C)CC3)CC2)cc1.[HH].[HH].[HH].[HH].[HH].[HH].[HH].[HH].[HH].[HH].[HH].[HH]. The molecule has 12 saturated carbocycles. The molecule has 0 radical (unpaired) electrons. The number of rotatable bonds is 15. The molecule has 832 valence electrons. The molecule has 0 N–H and O–H groups in total. The van der Waals surface area contributed by atoms with E-state index in [1.54, 1.807) is 22.3 Å². The van der Waals surface area contributed by atoms with Crippen molar-refractivity contribution in [3.63, 3.8) is 0 Å². The van der Waals surface area contributed by atoms with E-state index in [1.807, 2.05) is 46.8 Å². The molecule has 13 fully saturated rings. The van der Waals surface area contributed by atoms with E-state index in [0.717, 1.165) is 196 Å². The number of carbonyl (C=O) groups is 1. The van der Waals surface area contributed by atoms with Gasteiger partial charge in [-0.1, -0.05) is 298 Å². The van der Waals surface area contributed by atoms with Crippen molar-refractivity contribution in [1.29, 1.82) is 0 Å². The molecular formula is C143H225NO4S. The predicted molar refractivity (Wildman–Crippen MR) is 661 cm³/mol. The molecule has 7 aromatic rings. The highest BCUT2D eigenvalue weighted by molar-refractivity contribution is 7.78. The number of aryl methyl sites for hydroxylation is 5. The van der Waals surface area contributed by atoms with Gasteiger partial charge >= 0.3 is 5.97 Å². The van der Waals surface area contributed by atoms with Gasteiger partial charge in [0, 0.05) is 45.3 Å². The summed E-state index contributed by atoms with van der Waals surface area (Å²) >= 11 is 4.73. The Labute approximate surface area is 933 Å². The summed E-state index contributed by atoms with van der Waals surface area (Å²) in [5, 5.41) is 2.46. The molecule has 13 aliphatic rings. The van der Waals surface area contributed by atoms with E-state index in [1.165, 1.54) is 334 Å². The Morgan fingerprint density at radius 3 is 0.785 bits per heavy atom. The van der Waals surface area contributed by atoms with Crippen LogP contribution in [0.2, 0.25) is 0 Å². The van der Waals surface area contributed by atoms with Gasteiger partial charge in [0.25, 0.3) is 0 Å². The van der Waals surface area contributed by atoms with Crippen LogP contribution in [0.25, 0.3) is 0 Å². The van der Waals surface area contributed by atoms with Gasteiger partial charge in [0.1, 0.15) is 5.75 Å². The van der Waals surface area contributed by atoms with Crippen molar-refractivity contribution in [1.82, 2.24) is 0 Å². The summed E-state index contributed by atoms with van der Waals surface area (Å²) in [5.41, 5.74) is 22.6. The van der Waals surface area contributed by atoms with Gasteiger partial charge in [-0.25, -0.2) is 0 Å². The number of carbonyl (C=O) groups excluding carboxylic acids is 1. The number of ether oxygens (including phenoxy) is 3. The molecule has 1 heterocycles. The van der Waals surface area contributed by atoms with E-state index in [9.17, 15) is 4.79 Å². The molecule has 12 aliphatic carbocycles. The Morgan fingerprint density at radius 1 is 0.275 bits per heavy atom. The van der Waals surface area contributed by atoms with E-state index in [4.69, 9.17) is 26.4 Å². The zero-order chi connectivity index (χ0) is 105. The molecule has 20 rings (SSSR count). The second kappa shape index (κ2) is 60.5. The van der Waals surface area contributed by atoms with Crippen LogP contribution in [0.5, 0.6) is 5.75 Å². The third kappa shape index (κ3) is 36.2. The number of esters is 1. The van der Waals surface area contributed by atoms with Gasteiger partial charge in [0.05, 0.1) is 30.0 Å². The minimum atomic E-state index is -0.258. The molecule has 0 atom stereocenters. The molecule has 0 spiro atoms. The Morgan fingerprint density at radius 2 is 0.503 bits per heavy atom. The maximum absolute atomic E-state index is 12.7. The Hall–Kier alpha value is -7.59. The number of nitrogens with zero attached hydrogens (tertiary/aromatic N) is 1. The fourth-order valence-electron chi connectivity index (χ4n) is 29.4. The maximum atomic E-state index is 12.7. The Bertz CT molecular complexity index is 5210. The van der Waals surface area contributed by atoms with Crippen molar-refractivity contribution in [2.75, 3.05) is 13.2 Å². The molecule has 5 nitrogen and oxygen atoms in total. The molecule has 0 aromatic heterocycles. The number of aliphatic imine (C=N–C) groups is 1. The second-order valence-electron chi connectivity index (χ2n) is 51.6. The summed E-state index contributed by atoms with van der Waals surface area (Å²) in [4.78, 5) is 16.8. The van der Waals surface area contributed by atoms with Crippen LogP contribution in [0.1, 0.15) is 545 Å². The minimum absolute atomic E-state index is 0. The summed E-state index contributed by atoms with van der Waals surface area (Å²) < 4.78 is 17.9. The summed E-state index contributed by atoms with van der Waals surface area (Å²) in [6.07, 6.45) is 66.3. The molecule has 1 saturated heterocycles. The monoisotopic (exact) mass is 2050 g/mol. The normalized spacial score (nSPS) is 31.5. The summed E-state index contributed by atoms with van der Waals surface area (Å²) in [7, 11) is 0. The van der Waals surface area contributed by atoms with Gasteiger partial charge in [0.15, 0.2) is 6.29 Å². The summed E-state index contributed by atoms with van der Waals surface area (Å²) in [6.45, 7) is 39.6. The quantitative estimate of drug-likeness (QED) is 0.0337. The Balaban J connectivity index is 0.000000631. The predicted octanol–water partition coefficient (Wildman–Crippen LogP) is 43.8. The highest BCUT2D eigenvalue weighted by Crippen LogP contribution is 2.51. The second-order valence-corrected chi connectivity index (χ2v) is 51.8. The number of thiocarbonyl (C=S) groups is 1. The lowest BCUT2D eigenvalue weighted by Gasteiger charge is -2.37. The zero-order valence-corrected chi connectivity index (χ0v) is 97.5. The highest BCUT2D eigenvalue weighted by Gasteiger charge is 2.38. The molecule has 7 aromatic carbocycles. The summed E-state index contributed by atoms with van der Waals surface area (Å²) in [5.74, 6) is 40.5. The number of hydrogen-bond donors (Lipinski definition) is 0. The lowest BCUT2D eigenvalue weighted by molar-refractivity contribution is -0.214. The first kappa shape index (κ1) is 117. The highest BCUT2D eigenvalue weighted by atomic mass is 32.1. The first-order valence-electron chi connectivity index (χ1n) is 61.8. The van der Waals surface area contributed by atoms with Crippen molar-refractivity contribution in [2.24, 2.45) is 112 Å². The molecule has 6 heteroatoms. The molecular weight excluding hydrogens is 1830 g/mol. The van der Waals surface area contributed by atoms with Gasteiger partial charge in [-0.05, 0) is 506 Å². The van der Waals surface area contributed by atoms with Crippen LogP contribution in [-0.4, -0.2) is 24.3 Å². The minimum Gasteiger partial charge on any atom is -0.426 e. The third-order valence-corrected chi connectivity index (χ3v) is 40.2. The van der Waals surface area contributed by atoms with E-state index in [0.29, 0.717) is 11.8 Å². The molecule has 0 bridgehead atoms. The molecule has 0 unspecified atom stereocenters. The van der Waals surface area contributed by atoms with Crippen molar-refractivity contribution < 1.29 is 36.1 Å². The number of benzene rings is 7. The van der Waals surface area contributed by atoms with Crippen LogP contribution >= 0.6 is 12.2 Å². The van der Waals surface area contributed by atoms with Crippen molar-refractivity contribution in [3.8, 4) is 41.3 Å². The topological polar surface area (TPSA) is 57.1 Å². The fourth-order valence-corrected chi connectivity index (χ4v) is 29.5. The van der Waals surface area contributed by atoms with Crippen LogP contribution in [-0.2, 0) is 14.3 Å². The van der Waals surface area contributed by atoms with Crippen molar-refractivity contribution >= 4 is 29.0 Å². The fraction of sp³-hybridized carbons (Fsp3) is 0.650. The average molecular weight is 2050 g/mol. The standard InChI is InChI=1S/C27H40O2.C24H34.C20H27NO2S.2C20H30.2C16H20.12H2/c1-19-3-7-21(8-4-19)23-11-13-25(14-12-23)27(28)29-26-17-15-24(16-18-26)22-9-5-20(2)6-10-22;1-5-6-24-18(3)15-23(16-19(24)4)22-13-11-21(12-14-22)20-9-7-17(2)8-10-20;1-13-4-6-16(7-5-13)18-10-22-20(23-11-18)17-8-14(2)19(21-12-24)15(3)9-17;2*1-15-3-7-17(8-4-15)19-11-13-20(14-12-19)18-9-5-16(2)6-10-18;2*1-3-4-14-7-11-16(12-8-14)15-9-5-13(2)6-10-15;;;;;;;;;;;;/h15-23,25H,3-14H2,1-2H3;15-17,20-22H,7-14H2,1-4H3;8-9,13,16,18,20H,4-7,10-11H2,1-3H3;11-18H,3-10H2,1-2H3;3-4,7-8,16,18-20H,5-6,9-14H2,1-2H3;2*7-8,11-13,15H,5-6,9-10H2,1-2H3;12*1H. The van der Waals surface area contributed by atoms with Gasteiger partial charge in [0.2, 0.25) is 0 Å².